The van der Waals surface area contributed by atoms with Gasteiger partial charge in [-0.15, -0.1) is 0 Å². The molecule has 3 amide bonds. The van der Waals surface area contributed by atoms with Crippen LogP contribution in [0.25, 0.3) is 0 Å². The molecule has 1 aromatic heterocycles. The van der Waals surface area contributed by atoms with Crippen LogP contribution in [0.2, 0.25) is 0 Å². The molecule has 3 heterocycles. The Labute approximate surface area is 226 Å². The van der Waals surface area contributed by atoms with Crippen LogP contribution in [-0.4, -0.2) is 65.9 Å². The second kappa shape index (κ2) is 14.3. The molecule has 11 nitrogen and oxygen atoms in total. The maximum Gasteiger partial charge on any atom is 0.326 e. The van der Waals surface area contributed by atoms with Crippen molar-refractivity contribution in [2.24, 2.45) is 5.92 Å². The number of nitrogens with one attached hydrogen (secondary N) is 3. The third kappa shape index (κ3) is 9.40. The zero-order valence-electron chi connectivity index (χ0n) is 22.1. The fourth-order valence-corrected chi connectivity index (χ4v) is 3.97. The molecule has 0 fully saturated rings. The number of carbonyl (C=O) groups is 3. The summed E-state index contributed by atoms with van der Waals surface area (Å²) in [6.45, 7) is 4.95. The molecule has 212 valence electrons. The van der Waals surface area contributed by atoms with Crippen molar-refractivity contribution in [2.75, 3.05) is 25.6 Å². The number of benzene rings is 1. The van der Waals surface area contributed by atoms with Crippen molar-refractivity contribution in [3.8, 4) is 5.75 Å². The second-order valence-electron chi connectivity index (χ2n) is 9.82. The smallest absolute Gasteiger partial charge is 0.326 e. The van der Waals surface area contributed by atoms with E-state index in [9.17, 15) is 23.9 Å². The Balaban J connectivity index is 1.79. The van der Waals surface area contributed by atoms with Gasteiger partial charge in [-0.1, -0.05) is 26.0 Å². The first kappa shape index (κ1) is 29.6. The van der Waals surface area contributed by atoms with E-state index in [0.29, 0.717) is 37.2 Å². The largest absolute Gasteiger partial charge is 0.491 e. The van der Waals surface area contributed by atoms with Crippen LogP contribution >= 0.6 is 0 Å². The van der Waals surface area contributed by atoms with E-state index in [-0.39, 0.29) is 43.0 Å². The number of carbonyl (C=O) groups excluding carboxylic acids is 2. The number of fused-ring (bicyclic) bond motifs is 13. The van der Waals surface area contributed by atoms with Crippen molar-refractivity contribution in [1.82, 2.24) is 20.9 Å². The molecule has 2 aromatic rings. The summed E-state index contributed by atoms with van der Waals surface area (Å²) in [4.78, 5) is 42.0. The average molecular weight is 546 g/mol. The van der Waals surface area contributed by atoms with Crippen LogP contribution in [0.15, 0.2) is 36.5 Å². The summed E-state index contributed by atoms with van der Waals surface area (Å²) in [6, 6.07) is 3.90. The van der Waals surface area contributed by atoms with Gasteiger partial charge in [0.1, 0.15) is 17.9 Å². The minimum atomic E-state index is -1.30. The normalized spacial score (nSPS) is 19.5. The van der Waals surface area contributed by atoms with Gasteiger partial charge < -0.3 is 36.3 Å². The lowest BCUT2D eigenvalue weighted by molar-refractivity contribution is -0.139. The maximum atomic E-state index is 14.7. The quantitative estimate of drug-likeness (QED) is 0.368. The summed E-state index contributed by atoms with van der Waals surface area (Å²) in [5.41, 5.74) is 6.58. The number of anilines is 1. The number of nitrogens with two attached hydrogens (primary N) is 1. The van der Waals surface area contributed by atoms with Crippen molar-refractivity contribution in [3.63, 3.8) is 0 Å². The van der Waals surface area contributed by atoms with Crippen LogP contribution in [0, 0.1) is 11.7 Å². The molecule has 6 N–H and O–H groups in total. The minimum Gasteiger partial charge on any atom is -0.491 e. The molecule has 2 aliphatic rings. The van der Waals surface area contributed by atoms with E-state index in [2.05, 4.69) is 20.9 Å². The summed E-state index contributed by atoms with van der Waals surface area (Å²) >= 11 is 0. The van der Waals surface area contributed by atoms with Gasteiger partial charge in [0, 0.05) is 25.6 Å². The Morgan fingerprint density at radius 1 is 1.23 bits per heavy atom. The standard InChI is InChI=1S/C27H36FN5O6/c1-16(2)22-15-38-9-3-4-10-39-23-7-5-17(11-19(23)28)12-20(25(34)31-22)32-27(37)33-21(26(35)36)13-18-6-8-24(29)30-14-18/h5-8,11,14,16,20-22H,3-4,9-10,12-13,15H2,1-2H3,(H2,29,30)(H,31,34)(H,35,36)(H2,32,33,37)/t20-,21+,22-/m1/s1. The van der Waals surface area contributed by atoms with Crippen LogP contribution in [-0.2, 0) is 27.2 Å². The van der Waals surface area contributed by atoms with E-state index in [1.165, 1.54) is 24.4 Å². The van der Waals surface area contributed by atoms with Gasteiger partial charge in [-0.3, -0.25) is 4.79 Å². The number of amides is 3. The van der Waals surface area contributed by atoms with Crippen LogP contribution in [0.1, 0.15) is 37.8 Å². The second-order valence-corrected chi connectivity index (χ2v) is 9.82. The number of hydrogen-bond donors (Lipinski definition) is 5. The molecule has 0 unspecified atom stereocenters. The van der Waals surface area contributed by atoms with E-state index < -0.39 is 35.8 Å². The van der Waals surface area contributed by atoms with Gasteiger partial charge in [0.15, 0.2) is 11.6 Å². The summed E-state index contributed by atoms with van der Waals surface area (Å²) in [5, 5.41) is 17.5. The lowest BCUT2D eigenvalue weighted by atomic mass is 10.0. The van der Waals surface area contributed by atoms with Crippen LogP contribution in [0.5, 0.6) is 5.75 Å². The number of nitrogen functional groups attached to an aromatic ring is 1. The number of rotatable bonds is 6. The molecule has 2 bridgehead atoms. The van der Waals surface area contributed by atoms with Gasteiger partial charge in [0.05, 0.1) is 19.3 Å². The molecule has 0 saturated heterocycles. The Kier molecular flexibility index (Phi) is 10.9. The molecule has 0 aliphatic carbocycles. The van der Waals surface area contributed by atoms with Crippen LogP contribution in [0.3, 0.4) is 0 Å². The molecule has 4 rings (SSSR count). The fraction of sp³-hybridized carbons (Fsp3) is 0.481. The molecule has 1 aromatic carbocycles. The Morgan fingerprint density at radius 2 is 2.00 bits per heavy atom. The highest BCUT2D eigenvalue weighted by Crippen LogP contribution is 2.20. The van der Waals surface area contributed by atoms with Crippen LogP contribution in [0.4, 0.5) is 15.0 Å². The SMILES string of the molecule is CC(C)[C@H]1COCCCCOc2ccc(cc2F)C[C@@H](NC(=O)N[C@@H](Cc2ccc(N)nc2)C(=O)O)C(=O)N1. The number of nitrogens with zero attached hydrogens (tertiary/aromatic N) is 1. The molecule has 2 aliphatic heterocycles. The highest BCUT2D eigenvalue weighted by molar-refractivity contribution is 5.89. The highest BCUT2D eigenvalue weighted by Gasteiger charge is 2.28. The van der Waals surface area contributed by atoms with Gasteiger partial charge >= 0.3 is 12.0 Å². The topological polar surface area (TPSA) is 165 Å². The van der Waals surface area contributed by atoms with Crippen molar-refractivity contribution in [1.29, 1.82) is 0 Å². The van der Waals surface area contributed by atoms with Gasteiger partial charge in [0.2, 0.25) is 5.91 Å². The zero-order chi connectivity index (χ0) is 28.4. The highest BCUT2D eigenvalue weighted by atomic mass is 19.1. The number of aromatic nitrogens is 1. The average Bonchev–Trinajstić information content (AvgIpc) is 2.88. The van der Waals surface area contributed by atoms with Gasteiger partial charge in [-0.25, -0.2) is 19.0 Å². The predicted molar refractivity (Wildman–Crippen MR) is 142 cm³/mol. The van der Waals surface area contributed by atoms with E-state index >= 15 is 0 Å². The number of urea groups is 1. The number of carboxylic acid groups (broad SMARTS) is 1. The predicted octanol–water partition coefficient (Wildman–Crippen LogP) is 2.04. The number of hydrogen-bond acceptors (Lipinski definition) is 7. The summed E-state index contributed by atoms with van der Waals surface area (Å²) < 4.78 is 25.9. The molecule has 12 heteroatoms. The molecule has 0 saturated carbocycles. The minimum absolute atomic E-state index is 0.0345. The third-order valence-corrected chi connectivity index (χ3v) is 6.32. The third-order valence-electron chi connectivity index (χ3n) is 6.32. The van der Waals surface area contributed by atoms with Gasteiger partial charge in [-0.2, -0.15) is 0 Å². The van der Waals surface area contributed by atoms with Crippen molar-refractivity contribution < 1.29 is 33.4 Å². The monoisotopic (exact) mass is 545 g/mol. The zero-order valence-corrected chi connectivity index (χ0v) is 22.1. The van der Waals surface area contributed by atoms with Crippen molar-refractivity contribution >= 4 is 23.7 Å². The maximum absolute atomic E-state index is 14.7. The van der Waals surface area contributed by atoms with E-state index in [0.717, 1.165) is 0 Å². The molecule has 0 spiro atoms. The first-order valence-corrected chi connectivity index (χ1v) is 12.9. The number of pyridine rings is 1. The van der Waals surface area contributed by atoms with Crippen molar-refractivity contribution in [2.45, 2.75) is 57.7 Å². The van der Waals surface area contributed by atoms with E-state index in [1.54, 1.807) is 12.1 Å². The Hall–Kier alpha value is -3.93. The number of aliphatic carboxylic acids is 1. The molecule has 0 radical (unpaired) electrons. The Morgan fingerprint density at radius 3 is 2.67 bits per heavy atom. The lowest BCUT2D eigenvalue weighted by Gasteiger charge is -2.27. The first-order valence-electron chi connectivity index (χ1n) is 12.9. The van der Waals surface area contributed by atoms with Gasteiger partial charge in [0.25, 0.3) is 0 Å². The number of carboxylic acids is 1. The number of halogens is 1. The van der Waals surface area contributed by atoms with Crippen molar-refractivity contribution in [3.05, 3.63) is 53.5 Å². The van der Waals surface area contributed by atoms with Gasteiger partial charge in [-0.05, 0) is 48.1 Å². The van der Waals surface area contributed by atoms with E-state index in [4.69, 9.17) is 15.2 Å². The summed E-state index contributed by atoms with van der Waals surface area (Å²) in [6.07, 6.45) is 2.73. The Bertz CT molecular complexity index is 1130. The number of ether oxygens (including phenoxy) is 2. The van der Waals surface area contributed by atoms with Crippen LogP contribution < -0.4 is 26.4 Å². The molecular weight excluding hydrogens is 509 g/mol. The first-order chi connectivity index (χ1) is 18.6. The molecule has 3 atom stereocenters. The summed E-state index contributed by atoms with van der Waals surface area (Å²) in [5.74, 6) is -1.94. The fourth-order valence-electron chi connectivity index (χ4n) is 3.97. The lowest BCUT2D eigenvalue weighted by Crippen LogP contribution is -2.56. The summed E-state index contributed by atoms with van der Waals surface area (Å²) in [7, 11) is 0. The molecule has 39 heavy (non-hydrogen) atoms. The van der Waals surface area contributed by atoms with E-state index in [1.807, 2.05) is 13.8 Å². The molecular formula is C27H36FN5O6.